The topological polar surface area (TPSA) is 90.6 Å². The molecular formula is C22H17ClF3N5O2S. The fourth-order valence-corrected chi connectivity index (χ4v) is 4.46. The minimum atomic E-state index is -4.65. The predicted molar refractivity (Wildman–Crippen MR) is 120 cm³/mol. The van der Waals surface area contributed by atoms with Crippen LogP contribution >= 0.6 is 22.9 Å². The first-order valence-electron chi connectivity index (χ1n) is 10.0. The molecule has 7 nitrogen and oxygen atoms in total. The number of nitrogens with zero attached hydrogens (tertiary/aromatic N) is 5. The van der Waals surface area contributed by atoms with Gasteiger partial charge in [0.2, 0.25) is 0 Å². The van der Waals surface area contributed by atoms with Crippen LogP contribution in [-0.2, 0) is 19.6 Å². The van der Waals surface area contributed by atoms with E-state index in [9.17, 15) is 22.8 Å². The number of Topliss-reactive ketones (excluding diaryl/α,β-unsaturated/α-hetero) is 2. The maximum absolute atomic E-state index is 13.0. The second-order valence-corrected chi connectivity index (χ2v) is 9.23. The molecule has 0 saturated heterocycles. The van der Waals surface area contributed by atoms with Gasteiger partial charge in [-0.25, -0.2) is 9.97 Å². The minimum absolute atomic E-state index is 0.0455. The smallest absolute Gasteiger partial charge is 0.332 e. The number of carbonyl (C=O) groups excluding carboxylic acids is 2. The molecule has 0 aliphatic carbocycles. The first kappa shape index (κ1) is 24.0. The lowest BCUT2D eigenvalue weighted by molar-refractivity contribution is -0.137. The summed E-state index contributed by atoms with van der Waals surface area (Å²) in [5, 5.41) is 0.0367. The van der Waals surface area contributed by atoms with Crippen molar-refractivity contribution in [1.29, 1.82) is 0 Å². The average Bonchev–Trinajstić information content (AvgIpc) is 3.41. The molecule has 0 radical (unpaired) electrons. The Morgan fingerprint density at radius 1 is 1.09 bits per heavy atom. The van der Waals surface area contributed by atoms with Gasteiger partial charge in [-0.15, -0.1) is 11.3 Å². The van der Waals surface area contributed by atoms with Gasteiger partial charge in [-0.3, -0.25) is 19.6 Å². The van der Waals surface area contributed by atoms with E-state index in [4.69, 9.17) is 11.6 Å². The first-order valence-corrected chi connectivity index (χ1v) is 11.2. The third-order valence-corrected chi connectivity index (χ3v) is 6.74. The number of aromatic nitrogens is 5. The minimum Gasteiger partial charge on any atom is -0.332 e. The van der Waals surface area contributed by atoms with Crippen molar-refractivity contribution in [1.82, 2.24) is 24.5 Å². The lowest BCUT2D eigenvalue weighted by atomic mass is 10.0. The van der Waals surface area contributed by atoms with Crippen LogP contribution in [0.4, 0.5) is 13.2 Å². The summed E-state index contributed by atoms with van der Waals surface area (Å²) in [6.45, 7) is 1.81. The summed E-state index contributed by atoms with van der Waals surface area (Å²) in [5.41, 5.74) is 0.683. The number of imidazole rings is 1. The van der Waals surface area contributed by atoms with Gasteiger partial charge < -0.3 is 4.57 Å². The van der Waals surface area contributed by atoms with Crippen LogP contribution in [0.15, 0.2) is 37.1 Å². The van der Waals surface area contributed by atoms with Crippen molar-refractivity contribution in [2.24, 2.45) is 7.05 Å². The second kappa shape index (κ2) is 9.22. The third kappa shape index (κ3) is 5.00. The molecule has 0 aromatic carbocycles. The van der Waals surface area contributed by atoms with Crippen LogP contribution in [0, 0.1) is 0 Å². The van der Waals surface area contributed by atoms with E-state index in [1.54, 1.807) is 30.1 Å². The molecule has 0 bridgehead atoms. The molecule has 0 spiro atoms. The summed E-state index contributed by atoms with van der Waals surface area (Å²) in [5.74, 6) is -0.897. The first-order chi connectivity index (χ1) is 16.0. The molecule has 0 aliphatic heterocycles. The Bertz CT molecular complexity index is 1400. The van der Waals surface area contributed by atoms with Crippen LogP contribution in [0.1, 0.15) is 55.7 Å². The molecule has 1 unspecified atom stereocenters. The van der Waals surface area contributed by atoms with Gasteiger partial charge in [0.05, 0.1) is 50.4 Å². The molecule has 4 aromatic heterocycles. The molecule has 1 atom stereocenters. The summed E-state index contributed by atoms with van der Waals surface area (Å²) in [6, 6.07) is 2.41. The number of halogens is 4. The standard InChI is InChI=1S/C22H17ClF3N5O2S/c1-11(3-18(32)16-6-15-17(8-28-16)31(2)10-30-15)21-29-9-20(34-21)19(33)5-12-4-13(22(24,25)26)14(23)7-27-12/h4,6-11H,3,5H2,1-2H3. The number of fused-ring (bicyclic) bond motifs is 1. The predicted octanol–water partition coefficient (Wildman–Crippen LogP) is 5.29. The molecular weight excluding hydrogens is 491 g/mol. The molecule has 4 heterocycles. The number of hydrogen-bond acceptors (Lipinski definition) is 7. The molecule has 0 saturated carbocycles. The molecule has 0 aliphatic rings. The molecule has 34 heavy (non-hydrogen) atoms. The van der Waals surface area contributed by atoms with Crippen molar-refractivity contribution in [3.63, 3.8) is 0 Å². The van der Waals surface area contributed by atoms with Gasteiger partial charge in [-0.1, -0.05) is 18.5 Å². The van der Waals surface area contributed by atoms with Crippen molar-refractivity contribution in [3.05, 3.63) is 68.9 Å². The van der Waals surface area contributed by atoms with Gasteiger partial charge in [-0.2, -0.15) is 13.2 Å². The van der Waals surface area contributed by atoms with Crippen molar-refractivity contribution in [2.45, 2.75) is 31.9 Å². The largest absolute Gasteiger partial charge is 0.417 e. The van der Waals surface area contributed by atoms with E-state index >= 15 is 0 Å². The van der Waals surface area contributed by atoms with Crippen LogP contribution in [0.5, 0.6) is 0 Å². The number of ketones is 2. The van der Waals surface area contributed by atoms with Crippen LogP contribution in [0.3, 0.4) is 0 Å². The summed E-state index contributed by atoms with van der Waals surface area (Å²) in [6.07, 6.45) is 0.629. The van der Waals surface area contributed by atoms with Crippen LogP contribution in [-0.4, -0.2) is 36.1 Å². The molecule has 176 valence electrons. The monoisotopic (exact) mass is 507 g/mol. The van der Waals surface area contributed by atoms with Crippen LogP contribution in [0.25, 0.3) is 11.0 Å². The Balaban J connectivity index is 1.43. The fraction of sp³-hybridized carbons (Fsp3) is 0.273. The highest BCUT2D eigenvalue weighted by Crippen LogP contribution is 2.35. The molecule has 12 heteroatoms. The normalized spacial score (nSPS) is 12.8. The van der Waals surface area contributed by atoms with E-state index < -0.39 is 22.5 Å². The highest BCUT2D eigenvalue weighted by atomic mass is 35.5. The molecule has 0 N–H and O–H groups in total. The molecule has 4 rings (SSSR count). The third-order valence-electron chi connectivity index (χ3n) is 5.17. The zero-order valence-corrected chi connectivity index (χ0v) is 19.5. The quantitative estimate of drug-likeness (QED) is 0.315. The van der Waals surface area contributed by atoms with E-state index in [2.05, 4.69) is 19.9 Å². The zero-order chi connectivity index (χ0) is 24.6. The highest BCUT2D eigenvalue weighted by Gasteiger charge is 2.34. The summed E-state index contributed by atoms with van der Waals surface area (Å²) in [7, 11) is 1.83. The molecule has 4 aromatic rings. The van der Waals surface area contributed by atoms with Crippen molar-refractivity contribution >= 4 is 45.5 Å². The molecule has 0 fully saturated rings. The van der Waals surface area contributed by atoms with E-state index in [1.807, 2.05) is 7.05 Å². The summed E-state index contributed by atoms with van der Waals surface area (Å²) < 4.78 is 40.9. The van der Waals surface area contributed by atoms with Gasteiger partial charge in [0.15, 0.2) is 11.6 Å². The van der Waals surface area contributed by atoms with Crippen LogP contribution in [0.2, 0.25) is 5.02 Å². The average molecular weight is 508 g/mol. The van der Waals surface area contributed by atoms with Crippen LogP contribution < -0.4 is 0 Å². The van der Waals surface area contributed by atoms with Gasteiger partial charge in [0, 0.05) is 37.5 Å². The SMILES string of the molecule is CC(CC(=O)c1cc2ncn(C)c2cn1)c1ncc(C(=O)Cc2cc(C(F)(F)F)c(Cl)cn2)s1. The number of alkyl halides is 3. The van der Waals surface area contributed by atoms with Gasteiger partial charge >= 0.3 is 6.18 Å². The summed E-state index contributed by atoms with van der Waals surface area (Å²) in [4.78, 5) is 42.1. The summed E-state index contributed by atoms with van der Waals surface area (Å²) >= 11 is 6.68. The van der Waals surface area contributed by atoms with Gasteiger partial charge in [0.1, 0.15) is 5.69 Å². The number of pyridine rings is 2. The van der Waals surface area contributed by atoms with Crippen molar-refractivity contribution in [3.8, 4) is 0 Å². The Hall–Kier alpha value is -3.18. The van der Waals surface area contributed by atoms with Gasteiger partial charge in [-0.05, 0) is 12.1 Å². The second-order valence-electron chi connectivity index (χ2n) is 7.76. The Kier molecular flexibility index (Phi) is 6.50. The Labute approximate surface area is 200 Å². The number of rotatable bonds is 7. The number of aryl methyl sites for hydroxylation is 1. The zero-order valence-electron chi connectivity index (χ0n) is 17.9. The molecule has 0 amide bonds. The number of carbonyl (C=O) groups is 2. The maximum atomic E-state index is 13.0. The fourth-order valence-electron chi connectivity index (χ4n) is 3.34. The van der Waals surface area contributed by atoms with Crippen molar-refractivity contribution < 1.29 is 22.8 Å². The van der Waals surface area contributed by atoms with E-state index in [0.717, 1.165) is 29.1 Å². The highest BCUT2D eigenvalue weighted by molar-refractivity contribution is 7.13. The lowest BCUT2D eigenvalue weighted by Gasteiger charge is -2.09. The Morgan fingerprint density at radius 2 is 1.85 bits per heavy atom. The van der Waals surface area contributed by atoms with E-state index in [0.29, 0.717) is 16.2 Å². The Morgan fingerprint density at radius 3 is 2.59 bits per heavy atom. The maximum Gasteiger partial charge on any atom is 0.417 e. The number of thiazole rings is 1. The number of hydrogen-bond donors (Lipinski definition) is 0. The van der Waals surface area contributed by atoms with E-state index in [-0.39, 0.29) is 35.1 Å². The van der Waals surface area contributed by atoms with Gasteiger partial charge in [0.25, 0.3) is 0 Å². The van der Waals surface area contributed by atoms with Crippen molar-refractivity contribution in [2.75, 3.05) is 0 Å². The lowest BCUT2D eigenvalue weighted by Crippen LogP contribution is -2.10. The van der Waals surface area contributed by atoms with E-state index in [1.165, 1.54) is 6.20 Å².